The normalized spacial score (nSPS) is 15.4. The standard InChI is InChI=1S/C19H18F3N5O2/c1-9-5-11(19(20,21)22)6-15(28)16(9)14-4-3-13-10(2)27(26-17(13)25-14)12-7-23-18(29)24-8-12/h3-6,12,28H,7-8H2,1-2H3,(H2,23,24,29). The minimum absolute atomic E-state index is 0.0912. The van der Waals surface area contributed by atoms with E-state index in [4.69, 9.17) is 0 Å². The average Bonchev–Trinajstić information content (AvgIpc) is 2.97. The number of pyridine rings is 1. The van der Waals surface area contributed by atoms with E-state index in [1.165, 1.54) is 6.92 Å². The lowest BCUT2D eigenvalue weighted by atomic mass is 10.00. The summed E-state index contributed by atoms with van der Waals surface area (Å²) in [5.41, 5.74) is 1.19. The van der Waals surface area contributed by atoms with E-state index in [0.29, 0.717) is 30.5 Å². The van der Waals surface area contributed by atoms with E-state index in [1.54, 1.807) is 16.8 Å². The second kappa shape index (κ2) is 6.64. The Morgan fingerprint density at radius 2 is 1.86 bits per heavy atom. The van der Waals surface area contributed by atoms with Crippen molar-refractivity contribution in [1.82, 2.24) is 25.4 Å². The lowest BCUT2D eigenvalue weighted by Crippen LogP contribution is -2.49. The molecule has 4 rings (SSSR count). The maximum Gasteiger partial charge on any atom is 0.416 e. The number of rotatable bonds is 2. The third-order valence-corrected chi connectivity index (χ3v) is 5.05. The molecule has 0 spiro atoms. The van der Waals surface area contributed by atoms with Crippen LogP contribution in [0.3, 0.4) is 0 Å². The monoisotopic (exact) mass is 405 g/mol. The molecule has 1 saturated heterocycles. The molecule has 0 bridgehead atoms. The zero-order chi connectivity index (χ0) is 20.9. The summed E-state index contributed by atoms with van der Waals surface area (Å²) in [4.78, 5) is 15.8. The molecule has 0 atom stereocenters. The van der Waals surface area contributed by atoms with Crippen LogP contribution >= 0.6 is 0 Å². The number of aryl methyl sites for hydroxylation is 2. The zero-order valence-corrected chi connectivity index (χ0v) is 15.6. The Bertz CT molecular complexity index is 1090. The van der Waals surface area contributed by atoms with Gasteiger partial charge in [-0.2, -0.15) is 18.3 Å². The van der Waals surface area contributed by atoms with Gasteiger partial charge < -0.3 is 15.7 Å². The van der Waals surface area contributed by atoms with Crippen molar-refractivity contribution in [3.8, 4) is 17.0 Å². The number of benzene rings is 1. The molecule has 0 radical (unpaired) electrons. The van der Waals surface area contributed by atoms with Crippen LogP contribution in [0.1, 0.15) is 22.9 Å². The first-order valence-corrected chi connectivity index (χ1v) is 8.94. The molecule has 0 saturated carbocycles. The van der Waals surface area contributed by atoms with Crippen LogP contribution in [0.5, 0.6) is 5.75 Å². The molecule has 7 nitrogen and oxygen atoms in total. The fourth-order valence-electron chi connectivity index (χ4n) is 3.60. The number of amides is 2. The van der Waals surface area contributed by atoms with Gasteiger partial charge in [0.1, 0.15) is 5.75 Å². The summed E-state index contributed by atoms with van der Waals surface area (Å²) in [5.74, 6) is -0.487. The second-order valence-electron chi connectivity index (χ2n) is 7.03. The molecule has 1 aliphatic rings. The van der Waals surface area contributed by atoms with Crippen molar-refractivity contribution in [2.45, 2.75) is 26.1 Å². The molecule has 2 aromatic heterocycles. The summed E-state index contributed by atoms with van der Waals surface area (Å²) < 4.78 is 40.7. The number of nitrogens with zero attached hydrogens (tertiary/aromatic N) is 3. The maximum atomic E-state index is 13.0. The van der Waals surface area contributed by atoms with Gasteiger partial charge in [-0.05, 0) is 43.7 Å². The minimum Gasteiger partial charge on any atom is -0.507 e. The Morgan fingerprint density at radius 3 is 2.48 bits per heavy atom. The number of fused-ring (bicyclic) bond motifs is 1. The second-order valence-corrected chi connectivity index (χ2v) is 7.03. The highest BCUT2D eigenvalue weighted by atomic mass is 19.4. The van der Waals surface area contributed by atoms with E-state index in [2.05, 4.69) is 20.7 Å². The summed E-state index contributed by atoms with van der Waals surface area (Å²) in [6.45, 7) is 4.23. The van der Waals surface area contributed by atoms with E-state index in [0.717, 1.165) is 17.1 Å². The number of aromatic nitrogens is 3. The molecule has 152 valence electrons. The van der Waals surface area contributed by atoms with E-state index in [1.807, 2.05) is 6.92 Å². The van der Waals surface area contributed by atoms with Crippen molar-refractivity contribution in [3.63, 3.8) is 0 Å². The number of halogens is 3. The van der Waals surface area contributed by atoms with Gasteiger partial charge in [0.2, 0.25) is 0 Å². The molecule has 2 amide bonds. The van der Waals surface area contributed by atoms with Crippen molar-refractivity contribution in [3.05, 3.63) is 41.1 Å². The molecule has 0 unspecified atom stereocenters. The van der Waals surface area contributed by atoms with E-state index >= 15 is 0 Å². The number of phenolic OH excluding ortho intramolecular Hbond substituents is 1. The third-order valence-electron chi connectivity index (χ3n) is 5.05. The number of urea groups is 1. The lowest BCUT2D eigenvalue weighted by molar-refractivity contribution is -0.137. The van der Waals surface area contributed by atoms with E-state index < -0.39 is 17.5 Å². The fourth-order valence-corrected chi connectivity index (χ4v) is 3.60. The first-order chi connectivity index (χ1) is 13.6. The number of aromatic hydroxyl groups is 1. The Kier molecular flexibility index (Phi) is 4.36. The highest BCUT2D eigenvalue weighted by Gasteiger charge is 2.32. The highest BCUT2D eigenvalue weighted by Crippen LogP contribution is 2.39. The van der Waals surface area contributed by atoms with Crippen molar-refractivity contribution in [2.75, 3.05) is 13.1 Å². The van der Waals surface area contributed by atoms with Gasteiger partial charge in [-0.15, -0.1) is 0 Å². The van der Waals surface area contributed by atoms with Crippen LogP contribution in [0, 0.1) is 13.8 Å². The molecule has 29 heavy (non-hydrogen) atoms. The van der Waals surface area contributed by atoms with Crippen molar-refractivity contribution in [1.29, 1.82) is 0 Å². The van der Waals surface area contributed by atoms with Crippen molar-refractivity contribution < 1.29 is 23.1 Å². The summed E-state index contributed by atoms with van der Waals surface area (Å²) in [6.07, 6.45) is -4.54. The molecule has 0 aliphatic carbocycles. The van der Waals surface area contributed by atoms with Gasteiger partial charge in [0, 0.05) is 29.7 Å². The molecule has 3 aromatic rings. The Hall–Kier alpha value is -3.30. The largest absolute Gasteiger partial charge is 0.507 e. The maximum absolute atomic E-state index is 13.0. The van der Waals surface area contributed by atoms with Crippen LogP contribution in [-0.2, 0) is 6.18 Å². The van der Waals surface area contributed by atoms with Gasteiger partial charge >= 0.3 is 12.2 Å². The SMILES string of the molecule is Cc1cc(C(F)(F)F)cc(O)c1-c1ccc2c(C)n(C3CNC(=O)NC3)nc2n1. The Morgan fingerprint density at radius 1 is 1.17 bits per heavy atom. The van der Waals surface area contributed by atoms with E-state index in [9.17, 15) is 23.1 Å². The van der Waals surface area contributed by atoms with Crippen molar-refractivity contribution in [2.24, 2.45) is 0 Å². The number of alkyl halides is 3. The molecule has 1 fully saturated rings. The van der Waals surface area contributed by atoms with Crippen LogP contribution in [-0.4, -0.2) is 39.0 Å². The predicted molar refractivity (Wildman–Crippen MR) is 99.5 cm³/mol. The predicted octanol–water partition coefficient (Wildman–Crippen LogP) is 3.29. The minimum atomic E-state index is -4.54. The average molecular weight is 405 g/mol. The zero-order valence-electron chi connectivity index (χ0n) is 15.6. The van der Waals surface area contributed by atoms with Crippen LogP contribution < -0.4 is 10.6 Å². The van der Waals surface area contributed by atoms with Crippen LogP contribution in [0.4, 0.5) is 18.0 Å². The van der Waals surface area contributed by atoms with Gasteiger partial charge in [-0.3, -0.25) is 4.68 Å². The Labute approximate surface area is 163 Å². The first-order valence-electron chi connectivity index (χ1n) is 8.94. The van der Waals surface area contributed by atoms with Gasteiger partial charge in [0.25, 0.3) is 0 Å². The van der Waals surface area contributed by atoms with Crippen LogP contribution in [0.2, 0.25) is 0 Å². The molecule has 1 aliphatic heterocycles. The molecule has 3 N–H and O–H groups in total. The topological polar surface area (TPSA) is 92.1 Å². The van der Waals surface area contributed by atoms with Crippen molar-refractivity contribution >= 4 is 17.1 Å². The fraction of sp³-hybridized carbons (Fsp3) is 0.316. The first kappa shape index (κ1) is 19.0. The third kappa shape index (κ3) is 3.34. The number of carbonyl (C=O) groups excluding carboxylic acids is 1. The molecule has 1 aromatic carbocycles. The van der Waals surface area contributed by atoms with Gasteiger partial charge in [0.15, 0.2) is 5.65 Å². The number of nitrogens with one attached hydrogen (secondary N) is 2. The lowest BCUT2D eigenvalue weighted by Gasteiger charge is -2.24. The summed E-state index contributed by atoms with van der Waals surface area (Å²) in [5, 5.41) is 21.0. The number of carbonyl (C=O) groups is 1. The van der Waals surface area contributed by atoms with Crippen LogP contribution in [0.25, 0.3) is 22.3 Å². The van der Waals surface area contributed by atoms with Gasteiger partial charge in [0.05, 0.1) is 17.3 Å². The number of hydrogen-bond donors (Lipinski definition) is 3. The highest BCUT2D eigenvalue weighted by molar-refractivity contribution is 5.83. The van der Waals surface area contributed by atoms with Crippen LogP contribution in [0.15, 0.2) is 24.3 Å². The summed E-state index contributed by atoms with van der Waals surface area (Å²) >= 11 is 0. The summed E-state index contributed by atoms with van der Waals surface area (Å²) in [6, 6.07) is 4.80. The van der Waals surface area contributed by atoms with Gasteiger partial charge in [-0.25, -0.2) is 9.78 Å². The molecular formula is C19H18F3N5O2. The number of phenols is 1. The van der Waals surface area contributed by atoms with E-state index in [-0.39, 0.29) is 23.2 Å². The molecule has 3 heterocycles. The van der Waals surface area contributed by atoms with Gasteiger partial charge in [-0.1, -0.05) is 0 Å². The summed E-state index contributed by atoms with van der Waals surface area (Å²) in [7, 11) is 0. The smallest absolute Gasteiger partial charge is 0.416 e. The quantitative estimate of drug-likeness (QED) is 0.610. The molecule has 10 heteroatoms. The Balaban J connectivity index is 1.76. The number of hydrogen-bond acceptors (Lipinski definition) is 4. The molecular weight excluding hydrogens is 387 g/mol.